The fourth-order valence-corrected chi connectivity index (χ4v) is 1.81. The average molecular weight is 247 g/mol. The molecule has 2 aromatic rings. The monoisotopic (exact) mass is 247 g/mol. The maximum Gasteiger partial charge on any atom is 0.231 e. The topological polar surface area (TPSA) is 69.4 Å². The van der Waals surface area contributed by atoms with Crippen molar-refractivity contribution in [3.05, 3.63) is 35.7 Å². The van der Waals surface area contributed by atoms with Crippen molar-refractivity contribution >= 4 is 0 Å². The first kappa shape index (κ1) is 11.0. The van der Waals surface area contributed by atoms with Crippen LogP contribution in [0.15, 0.2) is 24.4 Å². The van der Waals surface area contributed by atoms with Gasteiger partial charge in [-0.25, -0.2) is 4.68 Å². The summed E-state index contributed by atoms with van der Waals surface area (Å²) >= 11 is 0. The van der Waals surface area contributed by atoms with Crippen LogP contribution in [-0.2, 0) is 6.54 Å². The van der Waals surface area contributed by atoms with Crippen molar-refractivity contribution < 1.29 is 14.6 Å². The van der Waals surface area contributed by atoms with Crippen molar-refractivity contribution in [3.63, 3.8) is 0 Å². The van der Waals surface area contributed by atoms with Gasteiger partial charge in [-0.1, -0.05) is 11.3 Å². The van der Waals surface area contributed by atoms with E-state index in [0.29, 0.717) is 12.2 Å². The molecule has 0 aliphatic carbocycles. The Hall–Kier alpha value is -2.08. The summed E-state index contributed by atoms with van der Waals surface area (Å²) in [4.78, 5) is 0. The van der Waals surface area contributed by atoms with E-state index >= 15 is 0 Å². The normalized spacial score (nSPS) is 14.8. The van der Waals surface area contributed by atoms with E-state index in [0.717, 1.165) is 17.1 Å². The van der Waals surface area contributed by atoms with Crippen LogP contribution in [0.3, 0.4) is 0 Å². The molecule has 1 aliphatic heterocycles. The molecule has 1 aromatic carbocycles. The second-order valence-electron chi connectivity index (χ2n) is 4.20. The second-order valence-corrected chi connectivity index (χ2v) is 4.20. The number of nitrogens with zero attached hydrogens (tertiary/aromatic N) is 3. The van der Waals surface area contributed by atoms with E-state index in [2.05, 4.69) is 10.3 Å². The molecule has 0 saturated heterocycles. The number of fused-ring (bicyclic) bond motifs is 1. The lowest BCUT2D eigenvalue weighted by Crippen LogP contribution is -2.00. The highest BCUT2D eigenvalue weighted by atomic mass is 16.7. The minimum absolute atomic E-state index is 0.272. The predicted molar refractivity (Wildman–Crippen MR) is 62.3 cm³/mol. The molecule has 0 spiro atoms. The van der Waals surface area contributed by atoms with Gasteiger partial charge in [0.2, 0.25) is 6.79 Å². The molecule has 0 amide bonds. The lowest BCUT2D eigenvalue weighted by atomic mass is 10.2. The van der Waals surface area contributed by atoms with E-state index in [9.17, 15) is 5.11 Å². The van der Waals surface area contributed by atoms with Gasteiger partial charge in [0.1, 0.15) is 5.69 Å². The first-order valence-corrected chi connectivity index (χ1v) is 5.69. The lowest BCUT2D eigenvalue weighted by Gasteiger charge is -2.02. The fourth-order valence-electron chi connectivity index (χ4n) is 1.81. The number of aliphatic hydroxyl groups is 1. The Morgan fingerprint density at radius 2 is 2.22 bits per heavy atom. The van der Waals surface area contributed by atoms with Crippen LogP contribution in [0, 0.1) is 0 Å². The van der Waals surface area contributed by atoms with Crippen LogP contribution in [0.2, 0.25) is 0 Å². The van der Waals surface area contributed by atoms with Crippen molar-refractivity contribution in [2.45, 2.75) is 19.6 Å². The molecule has 0 bridgehead atoms. The Morgan fingerprint density at radius 3 is 3.00 bits per heavy atom. The standard InChI is InChI=1S/C12H13N3O3/c1-8(16)10-6-15(14-13-10)5-9-2-3-11-12(4-9)18-7-17-11/h2-4,6,8,16H,5,7H2,1H3. The second kappa shape index (κ2) is 4.30. The van der Waals surface area contributed by atoms with Gasteiger partial charge in [-0.05, 0) is 24.6 Å². The van der Waals surface area contributed by atoms with Crippen LogP contribution in [0.5, 0.6) is 11.5 Å². The molecular weight excluding hydrogens is 234 g/mol. The van der Waals surface area contributed by atoms with E-state index in [4.69, 9.17) is 9.47 Å². The highest BCUT2D eigenvalue weighted by molar-refractivity contribution is 5.44. The molecule has 0 radical (unpaired) electrons. The van der Waals surface area contributed by atoms with E-state index in [1.807, 2.05) is 18.2 Å². The zero-order valence-electron chi connectivity index (χ0n) is 9.91. The summed E-state index contributed by atoms with van der Waals surface area (Å²) < 4.78 is 12.2. The third-order valence-corrected chi connectivity index (χ3v) is 2.77. The SMILES string of the molecule is CC(O)c1cn(Cc2ccc3c(c2)OCO3)nn1. The largest absolute Gasteiger partial charge is 0.454 e. The Balaban J connectivity index is 1.79. The molecule has 1 unspecified atom stereocenters. The van der Waals surface area contributed by atoms with Gasteiger partial charge < -0.3 is 14.6 Å². The molecule has 3 rings (SSSR count). The van der Waals surface area contributed by atoms with Gasteiger partial charge in [0.25, 0.3) is 0 Å². The van der Waals surface area contributed by atoms with E-state index in [1.54, 1.807) is 17.8 Å². The van der Waals surface area contributed by atoms with Gasteiger partial charge >= 0.3 is 0 Å². The van der Waals surface area contributed by atoms with Crippen LogP contribution in [0.25, 0.3) is 0 Å². The minimum atomic E-state index is -0.601. The Morgan fingerprint density at radius 1 is 1.39 bits per heavy atom. The number of ether oxygens (including phenoxy) is 2. The number of benzene rings is 1. The molecule has 6 heteroatoms. The summed E-state index contributed by atoms with van der Waals surface area (Å²) in [6.07, 6.45) is 1.13. The number of hydrogen-bond acceptors (Lipinski definition) is 5. The van der Waals surface area contributed by atoms with E-state index in [1.165, 1.54) is 0 Å². The third-order valence-electron chi connectivity index (χ3n) is 2.77. The summed E-state index contributed by atoms with van der Waals surface area (Å²) in [6.45, 7) is 2.51. The molecule has 6 nitrogen and oxygen atoms in total. The first-order chi connectivity index (χ1) is 8.72. The van der Waals surface area contributed by atoms with E-state index < -0.39 is 6.10 Å². The molecule has 1 aromatic heterocycles. The smallest absolute Gasteiger partial charge is 0.231 e. The van der Waals surface area contributed by atoms with Crippen molar-refractivity contribution in [3.8, 4) is 11.5 Å². The van der Waals surface area contributed by atoms with Gasteiger partial charge in [-0.2, -0.15) is 0 Å². The Kier molecular flexibility index (Phi) is 2.64. The van der Waals surface area contributed by atoms with Gasteiger partial charge in [0, 0.05) is 0 Å². The van der Waals surface area contributed by atoms with Crippen LogP contribution >= 0.6 is 0 Å². The molecule has 18 heavy (non-hydrogen) atoms. The molecule has 0 fully saturated rings. The fraction of sp³-hybridized carbons (Fsp3) is 0.333. The minimum Gasteiger partial charge on any atom is -0.454 e. The summed E-state index contributed by atoms with van der Waals surface area (Å²) in [5.41, 5.74) is 1.61. The average Bonchev–Trinajstić information content (AvgIpc) is 2.96. The van der Waals surface area contributed by atoms with Crippen molar-refractivity contribution in [1.82, 2.24) is 15.0 Å². The van der Waals surface area contributed by atoms with Crippen LogP contribution in [0.1, 0.15) is 24.3 Å². The zero-order chi connectivity index (χ0) is 12.5. The lowest BCUT2D eigenvalue weighted by molar-refractivity contribution is 0.174. The van der Waals surface area contributed by atoms with Gasteiger partial charge in [-0.15, -0.1) is 5.10 Å². The molecule has 1 N–H and O–H groups in total. The van der Waals surface area contributed by atoms with Crippen LogP contribution in [-0.4, -0.2) is 26.9 Å². The van der Waals surface area contributed by atoms with Gasteiger partial charge in [0.15, 0.2) is 11.5 Å². The number of aliphatic hydroxyl groups excluding tert-OH is 1. The molecular formula is C12H13N3O3. The number of rotatable bonds is 3. The zero-order valence-corrected chi connectivity index (χ0v) is 9.91. The molecule has 2 heterocycles. The maximum absolute atomic E-state index is 9.38. The van der Waals surface area contributed by atoms with E-state index in [-0.39, 0.29) is 6.79 Å². The van der Waals surface area contributed by atoms with Crippen LogP contribution in [0.4, 0.5) is 0 Å². The molecule has 94 valence electrons. The van der Waals surface area contributed by atoms with Gasteiger partial charge in [-0.3, -0.25) is 0 Å². The van der Waals surface area contributed by atoms with Crippen molar-refractivity contribution in [2.24, 2.45) is 0 Å². The molecule has 0 saturated carbocycles. The number of hydrogen-bond donors (Lipinski definition) is 1. The predicted octanol–water partition coefficient (Wildman–Crippen LogP) is 1.11. The maximum atomic E-state index is 9.38. The van der Waals surface area contributed by atoms with Gasteiger partial charge in [0.05, 0.1) is 18.8 Å². The highest BCUT2D eigenvalue weighted by Gasteiger charge is 2.13. The summed E-state index contributed by atoms with van der Waals surface area (Å²) in [5, 5.41) is 17.2. The molecule has 1 aliphatic rings. The Labute approximate surface area is 104 Å². The summed E-state index contributed by atoms with van der Waals surface area (Å²) in [5.74, 6) is 1.52. The summed E-state index contributed by atoms with van der Waals surface area (Å²) in [7, 11) is 0. The highest BCUT2D eigenvalue weighted by Crippen LogP contribution is 2.32. The van der Waals surface area contributed by atoms with Crippen LogP contribution < -0.4 is 9.47 Å². The van der Waals surface area contributed by atoms with Crippen molar-refractivity contribution in [2.75, 3.05) is 6.79 Å². The number of aromatic nitrogens is 3. The first-order valence-electron chi connectivity index (χ1n) is 5.69. The Bertz CT molecular complexity index is 565. The molecule has 1 atom stereocenters. The van der Waals surface area contributed by atoms with Crippen molar-refractivity contribution in [1.29, 1.82) is 0 Å². The summed E-state index contributed by atoms with van der Waals surface area (Å²) in [6, 6.07) is 5.76. The third kappa shape index (κ3) is 2.02. The quantitative estimate of drug-likeness (QED) is 0.879.